The molecular formula is C69H101NO14Si. The number of esters is 1. The van der Waals surface area contributed by atoms with Crippen molar-refractivity contribution in [1.82, 2.24) is 4.90 Å². The van der Waals surface area contributed by atoms with Gasteiger partial charge in [-0.15, -0.1) is 0 Å². The maximum Gasteiger partial charge on any atom is 0.329 e. The minimum absolute atomic E-state index is 0.00792. The molecule has 3 heterocycles. The summed E-state index contributed by atoms with van der Waals surface area (Å²) in [6.45, 7) is 20.4. The number of rotatable bonds is 13. The third kappa shape index (κ3) is 17.5. The van der Waals surface area contributed by atoms with E-state index >= 15 is 0 Å². The van der Waals surface area contributed by atoms with Gasteiger partial charge < -0.3 is 48.0 Å². The summed E-state index contributed by atoms with van der Waals surface area (Å²) in [4.78, 5) is 73.4. The molecule has 1 amide bonds. The lowest BCUT2D eigenvalue weighted by Gasteiger charge is -2.43. The summed E-state index contributed by atoms with van der Waals surface area (Å²) in [6.07, 6.45) is 11.9. The molecule has 0 aromatic heterocycles. The fourth-order valence-electron chi connectivity index (χ4n) is 13.4. The average Bonchev–Trinajstić information content (AvgIpc) is 3.68. The first kappa shape index (κ1) is 69.3. The highest BCUT2D eigenvalue weighted by molar-refractivity contribution is 6.99. The van der Waals surface area contributed by atoms with Crippen molar-refractivity contribution in [2.24, 2.45) is 35.5 Å². The third-order valence-electron chi connectivity index (χ3n) is 18.6. The van der Waals surface area contributed by atoms with Crippen LogP contribution in [0.2, 0.25) is 5.04 Å². The first-order chi connectivity index (χ1) is 40.4. The topological polar surface area (TPSA) is 194 Å². The van der Waals surface area contributed by atoms with Crippen LogP contribution in [0.1, 0.15) is 146 Å². The number of aliphatic hydroxyl groups excluding tert-OH is 1. The predicted octanol–water partition coefficient (Wildman–Crippen LogP) is 9.78. The van der Waals surface area contributed by atoms with Crippen molar-refractivity contribution in [3.63, 3.8) is 0 Å². The number of amides is 1. The van der Waals surface area contributed by atoms with E-state index in [-0.39, 0.29) is 66.0 Å². The van der Waals surface area contributed by atoms with Crippen LogP contribution >= 0.6 is 0 Å². The van der Waals surface area contributed by atoms with Gasteiger partial charge in [-0.25, -0.2) is 4.79 Å². The maximum absolute atomic E-state index is 14.8. The van der Waals surface area contributed by atoms with Gasteiger partial charge in [0, 0.05) is 58.5 Å². The van der Waals surface area contributed by atoms with Crippen molar-refractivity contribution in [2.75, 3.05) is 41.1 Å². The molecule has 15 atom stereocenters. The van der Waals surface area contributed by atoms with Gasteiger partial charge in [-0.2, -0.15) is 0 Å². The number of hydrogen-bond acceptors (Lipinski definition) is 14. The van der Waals surface area contributed by atoms with Crippen molar-refractivity contribution in [1.29, 1.82) is 0 Å². The highest BCUT2D eigenvalue weighted by Gasteiger charge is 2.54. The predicted molar refractivity (Wildman–Crippen MR) is 332 cm³/mol. The Hall–Kier alpha value is -4.75. The van der Waals surface area contributed by atoms with Gasteiger partial charge in [0.2, 0.25) is 5.79 Å². The Morgan fingerprint density at radius 2 is 1.44 bits per heavy atom. The van der Waals surface area contributed by atoms with Crippen LogP contribution in [0.5, 0.6) is 0 Å². The number of Topliss-reactive ketones (excluding diaryl/α,β-unsaturated/α-hetero) is 3. The molecule has 3 fully saturated rings. The van der Waals surface area contributed by atoms with Crippen LogP contribution in [-0.4, -0.2) is 148 Å². The molecule has 2 aromatic carbocycles. The Labute approximate surface area is 508 Å². The first-order valence-corrected chi connectivity index (χ1v) is 33.2. The SMILES string of the molecule is CO[C@H]1C[C@@H]2CC[C@@H](C)[C@@](O)(O2)C(=O)C(=O)N2CCCC[C@H]2C(=O)O[C@H]([C@H](C)C[C@@H]2CC[C@@H](OCCO[Si](c3ccccc3)(c3ccccc3)C(C)(C)C)[C@H](OC)C2)CC(=O)[C@H](C)/C=C(\C)[C@@H](O)[C@@H](OC)C(=O)[C@H](C)C[C@H](C)/C=C/C=C/C=C/1C. The second-order valence-corrected chi connectivity index (χ2v) is 30.3. The number of methoxy groups -OCH3 is 3. The van der Waals surface area contributed by atoms with Gasteiger partial charge in [0.1, 0.15) is 30.1 Å². The Morgan fingerprint density at radius 1 is 0.765 bits per heavy atom. The van der Waals surface area contributed by atoms with Crippen molar-refractivity contribution in [2.45, 2.75) is 206 Å². The molecule has 15 nitrogen and oxygen atoms in total. The van der Waals surface area contributed by atoms with Crippen LogP contribution in [0.3, 0.4) is 0 Å². The molecule has 470 valence electrons. The van der Waals surface area contributed by atoms with Crippen molar-refractivity contribution < 1.29 is 67.0 Å². The Balaban J connectivity index is 1.23. The van der Waals surface area contributed by atoms with Crippen LogP contribution in [0.4, 0.5) is 0 Å². The third-order valence-corrected chi connectivity index (χ3v) is 23.6. The van der Waals surface area contributed by atoms with E-state index in [9.17, 15) is 34.2 Å². The van der Waals surface area contributed by atoms with Gasteiger partial charge in [-0.3, -0.25) is 19.2 Å². The number of ketones is 3. The Bertz CT molecular complexity index is 2590. The Morgan fingerprint density at radius 3 is 2.06 bits per heavy atom. The van der Waals surface area contributed by atoms with E-state index in [1.54, 1.807) is 41.1 Å². The van der Waals surface area contributed by atoms with Gasteiger partial charge in [-0.1, -0.05) is 153 Å². The lowest BCUT2D eigenvalue weighted by atomic mass is 9.78. The largest absolute Gasteiger partial charge is 0.460 e. The van der Waals surface area contributed by atoms with Crippen LogP contribution in [0.25, 0.3) is 0 Å². The molecule has 1 aliphatic carbocycles. The zero-order chi connectivity index (χ0) is 62.2. The van der Waals surface area contributed by atoms with Gasteiger partial charge >= 0.3 is 5.97 Å². The van der Waals surface area contributed by atoms with E-state index < -0.39 is 86.1 Å². The number of aliphatic hydroxyl groups is 2. The van der Waals surface area contributed by atoms with E-state index in [2.05, 4.69) is 69.3 Å². The molecule has 1 saturated carbocycles. The van der Waals surface area contributed by atoms with Crippen molar-refractivity contribution >= 4 is 47.9 Å². The number of piperidine rings is 1. The van der Waals surface area contributed by atoms with E-state index in [1.165, 1.54) is 22.4 Å². The number of carbonyl (C=O) groups excluding carboxylic acids is 5. The normalized spacial score (nSPS) is 34.0. The Kier molecular flexibility index (Phi) is 26.1. The first-order valence-electron chi connectivity index (χ1n) is 31.3. The molecule has 2 aromatic rings. The summed E-state index contributed by atoms with van der Waals surface area (Å²) >= 11 is 0. The number of ether oxygens (including phenoxy) is 6. The molecule has 2 N–H and O–H groups in total. The smallest absolute Gasteiger partial charge is 0.329 e. The van der Waals surface area contributed by atoms with E-state index in [0.717, 1.165) is 12.0 Å². The summed E-state index contributed by atoms with van der Waals surface area (Å²) in [7, 11) is 1.90. The number of fused-ring (bicyclic) bond motifs is 3. The number of cyclic esters (lactones) is 1. The fraction of sp³-hybridized carbons (Fsp3) is 0.638. The molecule has 0 spiro atoms. The molecule has 2 saturated heterocycles. The van der Waals surface area contributed by atoms with Crippen LogP contribution in [0, 0.1) is 35.5 Å². The number of allylic oxidation sites excluding steroid dienone is 6. The van der Waals surface area contributed by atoms with E-state index in [0.29, 0.717) is 76.6 Å². The molecule has 0 radical (unpaired) electrons. The van der Waals surface area contributed by atoms with Crippen molar-refractivity contribution in [3.8, 4) is 0 Å². The fourth-order valence-corrected chi connectivity index (χ4v) is 18.0. The standard InChI is InChI=1S/C69H101NO14Si/c1-45-25-17-14-18-26-46(2)59(78-11)43-53-34-32-51(7)69(77,84-53)65(74)66(75)70-36-24-23-31-56(70)67(76)83-60(44-57(71)47(3)40-50(6)63(73)64(80-13)62(72)49(5)39-45)48(4)41-52-33-35-58(61(42-52)79-12)81-37-38-82-85(68(8,9)10,54-27-19-15-20-28-54)55-29-21-16-22-30-55/h14-22,25-30,40,45,47-49,51-53,56,58-61,63-64,73,77H,23-24,31-39,41-44H2,1-13H3/b18-14+,25-17+,46-26+,50-40+/t45-,47-,48-,49-,51-,52+,53+,56+,58-,59+,60+,61-,63-,64+,69-/m1/s1. The molecule has 3 aliphatic heterocycles. The minimum atomic E-state index is -2.78. The summed E-state index contributed by atoms with van der Waals surface area (Å²) in [5.74, 6) is -8.04. The van der Waals surface area contributed by atoms with E-state index in [1.807, 2.05) is 70.2 Å². The maximum atomic E-state index is 14.8. The highest BCUT2D eigenvalue weighted by Crippen LogP contribution is 2.40. The number of benzene rings is 2. The number of carbonyl (C=O) groups is 5. The van der Waals surface area contributed by atoms with Crippen LogP contribution < -0.4 is 10.4 Å². The quantitative estimate of drug-likeness (QED) is 0.0633. The molecular weight excluding hydrogens is 1090 g/mol. The zero-order valence-electron chi connectivity index (χ0n) is 53.2. The molecule has 6 rings (SSSR count). The van der Waals surface area contributed by atoms with Gasteiger partial charge in [0.25, 0.3) is 20.0 Å². The van der Waals surface area contributed by atoms with E-state index in [4.69, 9.17) is 32.8 Å². The molecule has 85 heavy (non-hydrogen) atoms. The van der Waals surface area contributed by atoms with Gasteiger partial charge in [-0.05, 0) is 122 Å². The van der Waals surface area contributed by atoms with Crippen LogP contribution in [0.15, 0.2) is 108 Å². The summed E-state index contributed by atoms with van der Waals surface area (Å²) in [5.41, 5.74) is 1.27. The van der Waals surface area contributed by atoms with Crippen LogP contribution in [-0.2, 0) is 56.8 Å². The zero-order valence-corrected chi connectivity index (χ0v) is 54.2. The van der Waals surface area contributed by atoms with Gasteiger partial charge in [0.05, 0.1) is 37.6 Å². The molecule has 4 aliphatic rings. The summed E-state index contributed by atoms with van der Waals surface area (Å²) in [6, 6.07) is 19.9. The summed E-state index contributed by atoms with van der Waals surface area (Å²) in [5, 5.41) is 26.0. The minimum Gasteiger partial charge on any atom is -0.460 e. The monoisotopic (exact) mass is 1200 g/mol. The second-order valence-electron chi connectivity index (χ2n) is 25.9. The number of nitrogens with zero attached hydrogens (tertiary/aromatic N) is 1. The van der Waals surface area contributed by atoms with Gasteiger partial charge in [0.15, 0.2) is 5.78 Å². The average molecular weight is 1200 g/mol. The summed E-state index contributed by atoms with van der Waals surface area (Å²) < 4.78 is 44.1. The number of hydrogen-bond donors (Lipinski definition) is 2. The lowest BCUT2D eigenvalue weighted by molar-refractivity contribution is -0.265. The molecule has 2 bridgehead atoms. The van der Waals surface area contributed by atoms with Crippen molar-refractivity contribution in [3.05, 3.63) is 108 Å². The highest BCUT2D eigenvalue weighted by atomic mass is 28.4. The lowest BCUT2D eigenvalue weighted by Crippen LogP contribution is -2.66. The molecule has 0 unspecified atom stereocenters. The second kappa shape index (κ2) is 31.9. The molecule has 16 heteroatoms.